The first-order chi connectivity index (χ1) is 12.0. The lowest BCUT2D eigenvalue weighted by atomic mass is 10.3. The Balaban J connectivity index is 0.00000338. The quantitative estimate of drug-likeness (QED) is 0.290. The predicted molar refractivity (Wildman–Crippen MR) is 110 cm³/mol. The van der Waals surface area contributed by atoms with Gasteiger partial charge in [-0.05, 0) is 0 Å². The highest BCUT2D eigenvalue weighted by Crippen LogP contribution is 2.10. The standard InChI is InChI=1S/C16H24FN7O.HI/c1-4-5-18-15(21-12-14(25)22(2)3)23-6-8-24(9-7-23)16-19-10-13(17)11-20-16;/h4,10-11H,1,5-9,12H2,2-3H3,(H,18,21);1H. The molecule has 1 aromatic heterocycles. The molecule has 1 aromatic rings. The highest BCUT2D eigenvalue weighted by Gasteiger charge is 2.21. The number of piperazine rings is 1. The number of nitrogens with zero attached hydrogens (tertiary/aromatic N) is 6. The molecule has 0 aliphatic carbocycles. The molecule has 0 radical (unpaired) electrons. The van der Waals surface area contributed by atoms with Crippen LogP contribution in [0.1, 0.15) is 0 Å². The Morgan fingerprint density at radius 1 is 1.35 bits per heavy atom. The second kappa shape index (κ2) is 10.9. The minimum absolute atomic E-state index is 0. The Kier molecular flexibility index (Phi) is 9.24. The SMILES string of the molecule is C=CCNC(=NCC(=O)N(C)C)N1CCN(c2ncc(F)cn2)CC1.I. The molecule has 0 atom stereocenters. The van der Waals surface area contributed by atoms with Crippen molar-refractivity contribution in [1.29, 1.82) is 0 Å². The lowest BCUT2D eigenvalue weighted by Gasteiger charge is -2.36. The zero-order chi connectivity index (χ0) is 18.2. The number of hydrogen-bond donors (Lipinski definition) is 1. The fourth-order valence-corrected chi connectivity index (χ4v) is 2.30. The Morgan fingerprint density at radius 2 is 1.96 bits per heavy atom. The van der Waals surface area contributed by atoms with Gasteiger partial charge in [-0.15, -0.1) is 30.6 Å². The number of aromatic nitrogens is 2. The van der Waals surface area contributed by atoms with Gasteiger partial charge in [0.15, 0.2) is 11.8 Å². The maximum atomic E-state index is 12.9. The van der Waals surface area contributed by atoms with Crippen molar-refractivity contribution >= 4 is 41.8 Å². The highest BCUT2D eigenvalue weighted by atomic mass is 127. The van der Waals surface area contributed by atoms with Crippen molar-refractivity contribution in [2.45, 2.75) is 0 Å². The minimum Gasteiger partial charge on any atom is -0.353 e. The molecule has 1 N–H and O–H groups in total. The monoisotopic (exact) mass is 477 g/mol. The highest BCUT2D eigenvalue weighted by molar-refractivity contribution is 14.0. The van der Waals surface area contributed by atoms with Crippen LogP contribution < -0.4 is 10.2 Å². The molecule has 0 saturated carbocycles. The first-order valence-electron chi connectivity index (χ1n) is 8.08. The normalized spacial score (nSPS) is 14.5. The first-order valence-corrected chi connectivity index (χ1v) is 8.08. The molecule has 2 rings (SSSR count). The summed E-state index contributed by atoms with van der Waals surface area (Å²) in [6, 6.07) is 0. The molecule has 1 aliphatic heterocycles. The fourth-order valence-electron chi connectivity index (χ4n) is 2.30. The lowest BCUT2D eigenvalue weighted by molar-refractivity contribution is -0.127. The largest absolute Gasteiger partial charge is 0.353 e. The molecule has 0 spiro atoms. The summed E-state index contributed by atoms with van der Waals surface area (Å²) in [6.45, 7) is 7.10. The van der Waals surface area contributed by atoms with Crippen LogP contribution in [0.4, 0.5) is 10.3 Å². The van der Waals surface area contributed by atoms with Gasteiger partial charge in [0.2, 0.25) is 11.9 Å². The van der Waals surface area contributed by atoms with Gasteiger partial charge in [-0.3, -0.25) is 4.79 Å². The number of likely N-dealkylation sites (N-methyl/N-ethyl adjacent to an activating group) is 1. The van der Waals surface area contributed by atoms with E-state index in [2.05, 4.69) is 31.8 Å². The number of amides is 1. The number of hydrogen-bond acceptors (Lipinski definition) is 5. The van der Waals surface area contributed by atoms with Crippen molar-refractivity contribution in [2.75, 3.05) is 58.3 Å². The van der Waals surface area contributed by atoms with Crippen LogP contribution in [0.25, 0.3) is 0 Å². The Hall–Kier alpha value is -1.98. The van der Waals surface area contributed by atoms with E-state index in [1.54, 1.807) is 20.2 Å². The summed E-state index contributed by atoms with van der Waals surface area (Å²) in [6.07, 6.45) is 4.08. The summed E-state index contributed by atoms with van der Waals surface area (Å²) in [5.74, 6) is 0.684. The van der Waals surface area contributed by atoms with Crippen LogP contribution in [-0.2, 0) is 4.79 Å². The van der Waals surface area contributed by atoms with Crippen molar-refractivity contribution in [3.63, 3.8) is 0 Å². The summed E-state index contributed by atoms with van der Waals surface area (Å²) in [5, 5.41) is 3.18. The third-order valence-corrected chi connectivity index (χ3v) is 3.74. The van der Waals surface area contributed by atoms with Crippen LogP contribution in [0, 0.1) is 5.82 Å². The first kappa shape index (κ1) is 22.1. The van der Waals surface area contributed by atoms with Gasteiger partial charge in [0, 0.05) is 46.8 Å². The van der Waals surface area contributed by atoms with E-state index in [1.165, 1.54) is 17.3 Å². The number of carbonyl (C=O) groups is 1. The molecule has 1 fully saturated rings. The second-order valence-corrected chi connectivity index (χ2v) is 5.77. The van der Waals surface area contributed by atoms with E-state index in [1.807, 2.05) is 4.90 Å². The summed E-state index contributed by atoms with van der Waals surface area (Å²) in [5.41, 5.74) is 0. The van der Waals surface area contributed by atoms with E-state index in [-0.39, 0.29) is 36.4 Å². The van der Waals surface area contributed by atoms with Gasteiger partial charge in [0.05, 0.1) is 12.4 Å². The fraction of sp³-hybridized carbons (Fsp3) is 0.500. The molecule has 8 nitrogen and oxygen atoms in total. The summed E-state index contributed by atoms with van der Waals surface area (Å²) >= 11 is 0. The van der Waals surface area contributed by atoms with Crippen LogP contribution in [0.3, 0.4) is 0 Å². The van der Waals surface area contributed by atoms with Gasteiger partial charge < -0.3 is 20.0 Å². The molecule has 0 bridgehead atoms. The van der Waals surface area contributed by atoms with Crippen LogP contribution in [-0.4, -0.2) is 85.0 Å². The molecule has 1 saturated heterocycles. The van der Waals surface area contributed by atoms with Crippen molar-refractivity contribution in [1.82, 2.24) is 25.1 Å². The van der Waals surface area contributed by atoms with Crippen molar-refractivity contribution < 1.29 is 9.18 Å². The average molecular weight is 477 g/mol. The molecule has 2 heterocycles. The number of nitrogens with one attached hydrogen (secondary N) is 1. The van der Waals surface area contributed by atoms with E-state index >= 15 is 0 Å². The summed E-state index contributed by atoms with van der Waals surface area (Å²) in [4.78, 5) is 29.8. The van der Waals surface area contributed by atoms with Gasteiger partial charge in [0.25, 0.3) is 0 Å². The molecule has 0 aromatic carbocycles. The van der Waals surface area contributed by atoms with E-state index in [9.17, 15) is 9.18 Å². The summed E-state index contributed by atoms with van der Waals surface area (Å²) < 4.78 is 12.9. The molecule has 144 valence electrons. The van der Waals surface area contributed by atoms with E-state index < -0.39 is 5.82 Å². The van der Waals surface area contributed by atoms with Gasteiger partial charge in [-0.2, -0.15) is 0 Å². The van der Waals surface area contributed by atoms with E-state index in [0.717, 1.165) is 0 Å². The molecular weight excluding hydrogens is 452 g/mol. The smallest absolute Gasteiger partial charge is 0.243 e. The number of carbonyl (C=O) groups excluding carboxylic acids is 1. The second-order valence-electron chi connectivity index (χ2n) is 5.77. The minimum atomic E-state index is -0.448. The van der Waals surface area contributed by atoms with Gasteiger partial charge in [-0.1, -0.05) is 6.08 Å². The Bertz CT molecular complexity index is 616. The molecule has 1 amide bonds. The Labute approximate surface area is 170 Å². The van der Waals surface area contributed by atoms with E-state index in [4.69, 9.17) is 0 Å². The van der Waals surface area contributed by atoms with Crippen LogP contribution in [0.15, 0.2) is 30.0 Å². The zero-order valence-electron chi connectivity index (χ0n) is 15.1. The third-order valence-electron chi connectivity index (χ3n) is 3.74. The van der Waals surface area contributed by atoms with Crippen LogP contribution >= 0.6 is 24.0 Å². The van der Waals surface area contributed by atoms with Gasteiger partial charge in [-0.25, -0.2) is 19.4 Å². The topological polar surface area (TPSA) is 77.0 Å². The predicted octanol–water partition coefficient (Wildman–Crippen LogP) is 0.575. The molecule has 26 heavy (non-hydrogen) atoms. The third kappa shape index (κ3) is 6.39. The van der Waals surface area contributed by atoms with Gasteiger partial charge in [0.1, 0.15) is 6.54 Å². The number of rotatable bonds is 5. The maximum Gasteiger partial charge on any atom is 0.243 e. The number of halogens is 2. The molecule has 1 aliphatic rings. The molecular formula is C16H25FIN7O. The maximum absolute atomic E-state index is 12.9. The Morgan fingerprint density at radius 3 is 2.50 bits per heavy atom. The van der Waals surface area contributed by atoms with Crippen LogP contribution in [0.2, 0.25) is 0 Å². The number of aliphatic imine (C=N–C) groups is 1. The van der Waals surface area contributed by atoms with E-state index in [0.29, 0.717) is 44.6 Å². The lowest BCUT2D eigenvalue weighted by Crippen LogP contribution is -2.53. The molecule has 0 unspecified atom stereocenters. The van der Waals surface area contributed by atoms with Crippen molar-refractivity contribution in [3.8, 4) is 0 Å². The number of anilines is 1. The summed E-state index contributed by atoms with van der Waals surface area (Å²) in [7, 11) is 3.41. The van der Waals surface area contributed by atoms with Crippen molar-refractivity contribution in [3.05, 3.63) is 30.9 Å². The molecule has 10 heteroatoms. The average Bonchev–Trinajstić information content (AvgIpc) is 2.62. The number of guanidine groups is 1. The van der Waals surface area contributed by atoms with Crippen LogP contribution in [0.5, 0.6) is 0 Å². The zero-order valence-corrected chi connectivity index (χ0v) is 17.4. The van der Waals surface area contributed by atoms with Gasteiger partial charge >= 0.3 is 0 Å². The van der Waals surface area contributed by atoms with Crippen molar-refractivity contribution in [2.24, 2.45) is 4.99 Å².